The van der Waals surface area contributed by atoms with Gasteiger partial charge in [0.15, 0.2) is 0 Å². The van der Waals surface area contributed by atoms with Gasteiger partial charge in [0, 0.05) is 0 Å². The molecule has 2 heteroatoms. The van der Waals surface area contributed by atoms with E-state index in [0.717, 1.165) is 6.54 Å². The van der Waals surface area contributed by atoms with E-state index in [0.29, 0.717) is 6.54 Å². The average Bonchev–Trinajstić information content (AvgIpc) is 2.02. The van der Waals surface area contributed by atoms with Crippen molar-refractivity contribution in [1.29, 1.82) is 0 Å². The Morgan fingerprint density at radius 1 is 1.17 bits per heavy atom. The number of nitrogens with zero attached hydrogens (tertiary/aromatic N) is 1. The first-order valence-electron chi connectivity index (χ1n) is 3.74. The van der Waals surface area contributed by atoms with Gasteiger partial charge in [-0.25, -0.2) is 0 Å². The highest BCUT2D eigenvalue weighted by Crippen LogP contribution is 1.70. The van der Waals surface area contributed by atoms with Crippen molar-refractivity contribution < 1.29 is 0 Å². The van der Waals surface area contributed by atoms with Gasteiger partial charge < -0.3 is 5.73 Å². The van der Waals surface area contributed by atoms with E-state index in [2.05, 4.69) is 23.7 Å². The maximum absolute atomic E-state index is 5.16. The molecule has 2 nitrogen and oxygen atoms in total. The summed E-state index contributed by atoms with van der Waals surface area (Å²) in [5.74, 6) is 11.3. The maximum Gasteiger partial charge on any atom is 0.0600 e. The molecular formula is C10H14N2. The zero-order chi connectivity index (χ0) is 9.23. The van der Waals surface area contributed by atoms with Crippen molar-refractivity contribution in [3.63, 3.8) is 0 Å². The number of hydrogen-bond acceptors (Lipinski definition) is 2. The summed E-state index contributed by atoms with van der Waals surface area (Å²) >= 11 is 0. The molecule has 0 saturated carbocycles. The fraction of sp³-hybridized carbons (Fsp3) is 0.400. The third kappa shape index (κ3) is 8.78. The minimum atomic E-state index is 0.398. The molecule has 64 valence electrons. The van der Waals surface area contributed by atoms with Crippen LogP contribution < -0.4 is 5.73 Å². The molecule has 0 aromatic heterocycles. The Morgan fingerprint density at radius 3 is 2.25 bits per heavy atom. The van der Waals surface area contributed by atoms with Crippen molar-refractivity contribution >= 4 is 0 Å². The largest absolute Gasteiger partial charge is 0.320 e. The summed E-state index contributed by atoms with van der Waals surface area (Å²) in [6, 6.07) is 0. The van der Waals surface area contributed by atoms with Crippen molar-refractivity contribution in [3.8, 4) is 23.7 Å². The lowest BCUT2D eigenvalue weighted by Crippen LogP contribution is -2.10. The summed E-state index contributed by atoms with van der Waals surface area (Å²) < 4.78 is 0. The summed E-state index contributed by atoms with van der Waals surface area (Å²) in [5.41, 5.74) is 5.16. The molecule has 0 bridgehead atoms. The standard InChI is InChI=1S/C10H14N2/c1-12(2)10-8-6-4-3-5-7-9-11/h3-4H,9-11H2,1-2H3/b4-3+. The number of rotatable bonds is 1. The van der Waals surface area contributed by atoms with E-state index in [-0.39, 0.29) is 0 Å². The second-order valence-corrected chi connectivity index (χ2v) is 2.42. The van der Waals surface area contributed by atoms with Gasteiger partial charge in [0.2, 0.25) is 0 Å². The van der Waals surface area contributed by atoms with E-state index in [1.54, 1.807) is 12.2 Å². The van der Waals surface area contributed by atoms with Crippen LogP contribution in [0.1, 0.15) is 0 Å². The molecule has 12 heavy (non-hydrogen) atoms. The highest BCUT2D eigenvalue weighted by atomic mass is 15.0. The topological polar surface area (TPSA) is 29.3 Å². The predicted molar refractivity (Wildman–Crippen MR) is 52.3 cm³/mol. The van der Waals surface area contributed by atoms with Gasteiger partial charge in [-0.1, -0.05) is 23.7 Å². The van der Waals surface area contributed by atoms with Crippen LogP contribution in [0.3, 0.4) is 0 Å². The van der Waals surface area contributed by atoms with Crippen LogP contribution in [0, 0.1) is 23.7 Å². The van der Waals surface area contributed by atoms with Gasteiger partial charge in [-0.3, -0.25) is 4.90 Å². The molecule has 0 aromatic rings. The first kappa shape index (κ1) is 10.8. The zero-order valence-corrected chi connectivity index (χ0v) is 7.59. The predicted octanol–water partition coefficient (Wildman–Crippen LogP) is 0.0697. The molecule has 0 heterocycles. The van der Waals surface area contributed by atoms with Gasteiger partial charge in [-0.15, -0.1) is 0 Å². The minimum absolute atomic E-state index is 0.398. The van der Waals surface area contributed by atoms with Crippen molar-refractivity contribution in [2.45, 2.75) is 0 Å². The quantitative estimate of drug-likeness (QED) is 0.553. The van der Waals surface area contributed by atoms with Gasteiger partial charge in [-0.2, -0.15) is 0 Å². The molecule has 0 aromatic carbocycles. The normalized spacial score (nSPS) is 9.00. The third-order valence-corrected chi connectivity index (χ3v) is 0.951. The van der Waals surface area contributed by atoms with Crippen LogP contribution in [-0.4, -0.2) is 32.1 Å². The fourth-order valence-corrected chi connectivity index (χ4v) is 0.464. The van der Waals surface area contributed by atoms with Crippen LogP contribution in [0.2, 0.25) is 0 Å². The lowest BCUT2D eigenvalue weighted by Gasteiger charge is -1.99. The van der Waals surface area contributed by atoms with E-state index < -0.39 is 0 Å². The highest BCUT2D eigenvalue weighted by Gasteiger charge is 1.77. The molecule has 0 fully saturated rings. The zero-order valence-electron chi connectivity index (χ0n) is 7.59. The fourth-order valence-electron chi connectivity index (χ4n) is 0.464. The average molecular weight is 162 g/mol. The summed E-state index contributed by atoms with van der Waals surface area (Å²) in [6.45, 7) is 1.17. The Balaban J connectivity index is 3.63. The first-order valence-corrected chi connectivity index (χ1v) is 3.74. The molecule has 0 unspecified atom stereocenters. The SMILES string of the molecule is CN(C)CC#C/C=C/C#CCN. The van der Waals surface area contributed by atoms with Crippen LogP contribution in [0.4, 0.5) is 0 Å². The molecule has 0 amide bonds. The van der Waals surface area contributed by atoms with E-state index in [9.17, 15) is 0 Å². The Labute approximate surface area is 74.4 Å². The molecule has 0 rings (SSSR count). The summed E-state index contributed by atoms with van der Waals surface area (Å²) in [5, 5.41) is 0. The van der Waals surface area contributed by atoms with Gasteiger partial charge in [0.25, 0.3) is 0 Å². The van der Waals surface area contributed by atoms with Crippen LogP contribution in [0.25, 0.3) is 0 Å². The molecule has 2 N–H and O–H groups in total. The second kappa shape index (κ2) is 7.88. The highest BCUT2D eigenvalue weighted by molar-refractivity contribution is 5.25. The number of hydrogen-bond donors (Lipinski definition) is 1. The van der Waals surface area contributed by atoms with Crippen molar-refractivity contribution in [2.24, 2.45) is 5.73 Å². The molecule has 0 aliphatic rings. The number of allylic oxidation sites excluding steroid dienone is 2. The second-order valence-electron chi connectivity index (χ2n) is 2.42. The summed E-state index contributed by atoms with van der Waals surface area (Å²) in [6.07, 6.45) is 3.43. The monoisotopic (exact) mass is 162 g/mol. The third-order valence-electron chi connectivity index (χ3n) is 0.951. The molecule has 0 spiro atoms. The maximum atomic E-state index is 5.16. The van der Waals surface area contributed by atoms with Gasteiger partial charge >= 0.3 is 0 Å². The smallest absolute Gasteiger partial charge is 0.0600 e. The number of nitrogens with two attached hydrogens (primary N) is 1. The Kier molecular flexibility index (Phi) is 7.08. The lowest BCUT2D eigenvalue weighted by molar-refractivity contribution is 0.464. The van der Waals surface area contributed by atoms with Crippen LogP contribution >= 0.6 is 0 Å². The minimum Gasteiger partial charge on any atom is -0.320 e. The molecule has 0 radical (unpaired) electrons. The van der Waals surface area contributed by atoms with Crippen LogP contribution in [0.5, 0.6) is 0 Å². The molecule has 0 aliphatic heterocycles. The van der Waals surface area contributed by atoms with Gasteiger partial charge in [0.05, 0.1) is 13.1 Å². The van der Waals surface area contributed by atoms with E-state index in [1.165, 1.54) is 0 Å². The van der Waals surface area contributed by atoms with E-state index >= 15 is 0 Å². The van der Waals surface area contributed by atoms with Crippen molar-refractivity contribution in [3.05, 3.63) is 12.2 Å². The van der Waals surface area contributed by atoms with E-state index in [4.69, 9.17) is 5.73 Å². The molecule has 0 atom stereocenters. The molecule has 0 aliphatic carbocycles. The van der Waals surface area contributed by atoms with Gasteiger partial charge in [-0.05, 0) is 26.2 Å². The van der Waals surface area contributed by atoms with E-state index in [1.807, 2.05) is 19.0 Å². The van der Waals surface area contributed by atoms with Crippen molar-refractivity contribution in [2.75, 3.05) is 27.2 Å². The van der Waals surface area contributed by atoms with Gasteiger partial charge in [0.1, 0.15) is 0 Å². The Morgan fingerprint density at radius 2 is 1.75 bits per heavy atom. The summed E-state index contributed by atoms with van der Waals surface area (Å²) in [7, 11) is 3.96. The molecular weight excluding hydrogens is 148 g/mol. The molecule has 0 saturated heterocycles. The Hall–Kier alpha value is -1.22. The van der Waals surface area contributed by atoms with Crippen molar-refractivity contribution in [1.82, 2.24) is 4.90 Å². The Bertz CT molecular complexity index is 242. The van der Waals surface area contributed by atoms with Crippen LogP contribution in [-0.2, 0) is 0 Å². The first-order chi connectivity index (χ1) is 5.77. The van der Waals surface area contributed by atoms with Crippen LogP contribution in [0.15, 0.2) is 12.2 Å². The summed E-state index contributed by atoms with van der Waals surface area (Å²) in [4.78, 5) is 2.01. The lowest BCUT2D eigenvalue weighted by atomic mass is 10.4.